The molecule has 0 saturated heterocycles. The van der Waals surface area contributed by atoms with Crippen molar-refractivity contribution >= 4 is 33.3 Å². The molecular formula is C24H23N3O4S. The number of carbonyl (C=O) groups is 2. The Morgan fingerprint density at radius 3 is 2.53 bits per heavy atom. The summed E-state index contributed by atoms with van der Waals surface area (Å²) in [6.07, 6.45) is 0.0799. The van der Waals surface area contributed by atoms with Gasteiger partial charge in [-0.3, -0.25) is 9.59 Å². The van der Waals surface area contributed by atoms with E-state index in [9.17, 15) is 9.59 Å². The van der Waals surface area contributed by atoms with Gasteiger partial charge >= 0.3 is 5.97 Å². The topological polar surface area (TPSA) is 95.2 Å². The third-order valence-corrected chi connectivity index (χ3v) is 5.66. The summed E-state index contributed by atoms with van der Waals surface area (Å²) in [5.74, 6) is -1.10. The van der Waals surface area contributed by atoms with Crippen molar-refractivity contribution in [2.45, 2.75) is 45.6 Å². The van der Waals surface area contributed by atoms with Gasteiger partial charge in [-0.05, 0) is 44.0 Å². The molecule has 0 unspecified atom stereocenters. The number of carbonyl (C=O) groups excluding carboxylic acids is 2. The molecular weight excluding hydrogens is 426 g/mol. The molecule has 2 aromatic heterocycles. The third-order valence-electron chi connectivity index (χ3n) is 4.64. The molecule has 0 amide bonds. The van der Waals surface area contributed by atoms with Crippen molar-refractivity contribution in [1.29, 1.82) is 0 Å². The third kappa shape index (κ3) is 4.91. The number of ether oxygens (including phenoxy) is 1. The van der Waals surface area contributed by atoms with Crippen LogP contribution in [0.15, 0.2) is 52.9 Å². The van der Waals surface area contributed by atoms with Crippen LogP contribution in [-0.2, 0) is 9.53 Å². The lowest BCUT2D eigenvalue weighted by atomic mass is 10.1. The van der Waals surface area contributed by atoms with Crippen molar-refractivity contribution in [3.8, 4) is 11.1 Å². The van der Waals surface area contributed by atoms with E-state index in [0.717, 1.165) is 21.3 Å². The predicted octanol–water partition coefficient (Wildman–Crippen LogP) is 5.41. The second-order valence-electron chi connectivity index (χ2n) is 8.53. The molecule has 0 spiro atoms. The van der Waals surface area contributed by atoms with E-state index in [1.807, 2.05) is 48.5 Å². The summed E-state index contributed by atoms with van der Waals surface area (Å²) in [5, 5.41) is 8.11. The zero-order chi connectivity index (χ0) is 22.9. The summed E-state index contributed by atoms with van der Waals surface area (Å²) >= 11 is 1.28. The molecule has 0 fully saturated rings. The predicted molar refractivity (Wildman–Crippen MR) is 122 cm³/mol. The number of benzene rings is 2. The van der Waals surface area contributed by atoms with Crippen LogP contribution in [0.1, 0.15) is 61.6 Å². The highest BCUT2D eigenvalue weighted by Gasteiger charge is 2.25. The highest BCUT2D eigenvalue weighted by molar-refractivity contribution is 7.20. The molecule has 1 atom stereocenters. The van der Waals surface area contributed by atoms with Crippen LogP contribution in [-0.4, -0.2) is 32.5 Å². The van der Waals surface area contributed by atoms with Gasteiger partial charge in [0.2, 0.25) is 5.89 Å². The molecule has 164 valence electrons. The minimum atomic E-state index is -0.569. The maximum absolute atomic E-state index is 12.9. The second-order valence-corrected chi connectivity index (χ2v) is 9.56. The van der Waals surface area contributed by atoms with E-state index >= 15 is 0 Å². The van der Waals surface area contributed by atoms with Crippen LogP contribution < -0.4 is 0 Å². The largest absolute Gasteiger partial charge is 0.460 e. The highest BCUT2D eigenvalue weighted by atomic mass is 32.1. The number of thiazole rings is 1. The van der Waals surface area contributed by atoms with Crippen molar-refractivity contribution in [2.75, 3.05) is 0 Å². The number of nitrogens with zero attached hydrogens (tertiary/aromatic N) is 3. The van der Waals surface area contributed by atoms with E-state index < -0.39 is 11.4 Å². The number of esters is 1. The van der Waals surface area contributed by atoms with Gasteiger partial charge in [0, 0.05) is 5.92 Å². The molecule has 32 heavy (non-hydrogen) atoms. The van der Waals surface area contributed by atoms with E-state index in [1.54, 1.807) is 27.7 Å². The quantitative estimate of drug-likeness (QED) is 0.287. The average Bonchev–Trinajstić information content (AvgIpc) is 3.39. The Balaban J connectivity index is 1.51. The van der Waals surface area contributed by atoms with Crippen LogP contribution in [0.3, 0.4) is 0 Å². The highest BCUT2D eigenvalue weighted by Crippen LogP contribution is 2.29. The zero-order valence-electron chi connectivity index (χ0n) is 18.3. The summed E-state index contributed by atoms with van der Waals surface area (Å²) in [7, 11) is 0. The average molecular weight is 450 g/mol. The molecule has 2 heterocycles. The Kier molecular flexibility index (Phi) is 5.88. The van der Waals surface area contributed by atoms with Gasteiger partial charge in [0.1, 0.15) is 5.60 Å². The first-order valence-electron chi connectivity index (χ1n) is 10.3. The smallest absolute Gasteiger partial charge is 0.307 e. The first-order chi connectivity index (χ1) is 15.2. The molecule has 0 bridgehead atoms. The van der Waals surface area contributed by atoms with Crippen LogP contribution in [0.5, 0.6) is 0 Å². The Bertz CT molecular complexity index is 1270. The molecule has 7 nitrogen and oxygen atoms in total. The fraction of sp³-hybridized carbons (Fsp3) is 0.292. The molecule has 0 aliphatic carbocycles. The number of fused-ring (bicyclic) bond motifs is 1. The fourth-order valence-corrected chi connectivity index (χ4v) is 4.11. The molecule has 0 radical (unpaired) electrons. The van der Waals surface area contributed by atoms with Crippen molar-refractivity contribution in [3.05, 3.63) is 65.3 Å². The van der Waals surface area contributed by atoms with Crippen LogP contribution in [0.2, 0.25) is 0 Å². The summed E-state index contributed by atoms with van der Waals surface area (Å²) in [5.41, 5.74) is 2.31. The van der Waals surface area contributed by atoms with Crippen molar-refractivity contribution in [3.63, 3.8) is 0 Å². The Labute approximate surface area is 189 Å². The van der Waals surface area contributed by atoms with Crippen molar-refractivity contribution in [1.82, 2.24) is 15.2 Å². The summed E-state index contributed by atoms with van der Waals surface area (Å²) in [6.45, 7) is 7.19. The molecule has 4 rings (SSSR count). The molecule has 0 aliphatic rings. The van der Waals surface area contributed by atoms with Crippen molar-refractivity contribution < 1.29 is 18.7 Å². The van der Waals surface area contributed by atoms with Gasteiger partial charge in [-0.15, -0.1) is 21.5 Å². The molecule has 0 saturated carbocycles. The van der Waals surface area contributed by atoms with E-state index in [0.29, 0.717) is 0 Å². The molecule has 2 aromatic carbocycles. The van der Waals surface area contributed by atoms with E-state index in [-0.39, 0.29) is 35.1 Å². The molecule has 0 aliphatic heterocycles. The molecule has 0 N–H and O–H groups in total. The second kappa shape index (κ2) is 8.63. The van der Waals surface area contributed by atoms with Crippen LogP contribution in [0.25, 0.3) is 21.3 Å². The van der Waals surface area contributed by atoms with Crippen LogP contribution in [0, 0.1) is 0 Å². The van der Waals surface area contributed by atoms with E-state index in [2.05, 4.69) is 15.2 Å². The zero-order valence-corrected chi connectivity index (χ0v) is 19.1. The maximum Gasteiger partial charge on any atom is 0.307 e. The van der Waals surface area contributed by atoms with Gasteiger partial charge < -0.3 is 9.15 Å². The fourth-order valence-electron chi connectivity index (χ4n) is 3.17. The number of aromatic nitrogens is 3. The maximum atomic E-state index is 12.9. The lowest BCUT2D eigenvalue weighted by Crippen LogP contribution is -2.24. The van der Waals surface area contributed by atoms with Gasteiger partial charge in [0.15, 0.2) is 5.01 Å². The SMILES string of the molecule is C[C@@H](CC(=O)OC(C)(C)C)c1nnc(C(=O)c2nc3ccc(-c4ccccc4)cc3s2)o1. The van der Waals surface area contributed by atoms with Crippen LogP contribution >= 0.6 is 11.3 Å². The summed E-state index contributed by atoms with van der Waals surface area (Å²) < 4.78 is 11.8. The number of hydrogen-bond acceptors (Lipinski definition) is 8. The normalized spacial score (nSPS) is 12.6. The number of ketones is 1. The van der Waals surface area contributed by atoms with E-state index in [4.69, 9.17) is 9.15 Å². The monoisotopic (exact) mass is 449 g/mol. The first kappa shape index (κ1) is 21.8. The Hall–Kier alpha value is -3.39. The first-order valence-corrected chi connectivity index (χ1v) is 11.1. The number of hydrogen-bond donors (Lipinski definition) is 0. The standard InChI is InChI=1S/C24H23N3O4S/c1-14(12-19(28)31-24(2,3)4)21-26-27-22(30-21)20(29)23-25-17-11-10-16(13-18(17)32-23)15-8-6-5-7-9-15/h5-11,13-14H,12H2,1-4H3/t14-/m0/s1. The van der Waals surface area contributed by atoms with Crippen molar-refractivity contribution in [2.24, 2.45) is 0 Å². The summed E-state index contributed by atoms with van der Waals surface area (Å²) in [4.78, 5) is 29.4. The van der Waals surface area contributed by atoms with Gasteiger partial charge in [-0.25, -0.2) is 4.98 Å². The Morgan fingerprint density at radius 2 is 1.81 bits per heavy atom. The molecule has 8 heteroatoms. The molecule has 4 aromatic rings. The van der Waals surface area contributed by atoms with E-state index in [1.165, 1.54) is 11.3 Å². The number of rotatable bonds is 6. The van der Waals surface area contributed by atoms with Gasteiger partial charge in [0.05, 0.1) is 16.6 Å². The van der Waals surface area contributed by atoms with Gasteiger partial charge in [0.25, 0.3) is 11.7 Å². The van der Waals surface area contributed by atoms with Gasteiger partial charge in [-0.2, -0.15) is 0 Å². The summed E-state index contributed by atoms with van der Waals surface area (Å²) in [6, 6.07) is 15.9. The lowest BCUT2D eigenvalue weighted by molar-refractivity contribution is -0.155. The van der Waals surface area contributed by atoms with Crippen LogP contribution in [0.4, 0.5) is 0 Å². The lowest BCUT2D eigenvalue weighted by Gasteiger charge is -2.20. The Morgan fingerprint density at radius 1 is 1.06 bits per heavy atom. The minimum Gasteiger partial charge on any atom is -0.460 e. The van der Waals surface area contributed by atoms with Gasteiger partial charge in [-0.1, -0.05) is 43.3 Å². The minimum absolute atomic E-state index is 0.0799.